The zero-order valence-corrected chi connectivity index (χ0v) is 11.1. The number of nitrogens with one attached hydrogen (secondary N) is 1. The fourth-order valence-electron chi connectivity index (χ4n) is 2.06. The summed E-state index contributed by atoms with van der Waals surface area (Å²) in [6, 6.07) is 3.01. The maximum absolute atomic E-state index is 3.43. The van der Waals surface area contributed by atoms with Gasteiger partial charge in [-0.3, -0.25) is 0 Å². The summed E-state index contributed by atoms with van der Waals surface area (Å²) >= 11 is 4.10. The van der Waals surface area contributed by atoms with Crippen molar-refractivity contribution in [2.45, 2.75) is 38.0 Å². The Morgan fingerprint density at radius 3 is 3.07 bits per heavy atom. The van der Waals surface area contributed by atoms with E-state index in [2.05, 4.69) is 37.1 Å². The Kier molecular flexibility index (Phi) is 4.12. The quantitative estimate of drug-likeness (QED) is 0.864. The summed E-state index contributed by atoms with van der Waals surface area (Å²) in [5.41, 5.74) is 1.60. The second kappa shape index (κ2) is 5.37. The van der Waals surface area contributed by atoms with Crippen LogP contribution in [0.5, 0.6) is 0 Å². The van der Waals surface area contributed by atoms with Gasteiger partial charge in [-0.2, -0.15) is 11.8 Å². The van der Waals surface area contributed by atoms with Gasteiger partial charge < -0.3 is 5.32 Å². The van der Waals surface area contributed by atoms with E-state index in [1.165, 1.54) is 30.8 Å². The summed E-state index contributed by atoms with van der Waals surface area (Å²) in [4.78, 5) is 3.19. The number of thioether (sulfide) groups is 1. The predicted molar refractivity (Wildman–Crippen MR) is 70.9 cm³/mol. The Balaban J connectivity index is 2.16. The molecule has 1 aliphatic heterocycles. The van der Waals surface area contributed by atoms with Crippen LogP contribution in [0.3, 0.4) is 0 Å². The Hall–Kier alpha value is 0.01000. The molecule has 1 aromatic heterocycles. The number of aryl methyl sites for hydroxylation is 1. The molecule has 0 fully saturated rings. The van der Waals surface area contributed by atoms with Crippen molar-refractivity contribution in [3.8, 4) is 0 Å². The largest absolute Gasteiger partial charge is 0.312 e. The highest BCUT2D eigenvalue weighted by Crippen LogP contribution is 2.35. The van der Waals surface area contributed by atoms with Gasteiger partial charge >= 0.3 is 0 Å². The minimum absolute atomic E-state index is 0.579. The van der Waals surface area contributed by atoms with Crippen LogP contribution in [-0.2, 0) is 12.2 Å². The molecule has 3 heteroatoms. The third-order valence-electron chi connectivity index (χ3n) is 2.92. The number of hydrogen-bond donors (Lipinski definition) is 1. The van der Waals surface area contributed by atoms with Gasteiger partial charge in [-0.05, 0) is 37.3 Å². The number of hydrogen-bond acceptors (Lipinski definition) is 3. The van der Waals surface area contributed by atoms with E-state index in [9.17, 15) is 0 Å². The maximum Gasteiger partial charge on any atom is 0.0412 e. The first-order valence-corrected chi connectivity index (χ1v) is 7.68. The molecule has 2 rings (SSSR count). The second-order valence-electron chi connectivity index (χ2n) is 4.03. The van der Waals surface area contributed by atoms with Gasteiger partial charge in [0.25, 0.3) is 0 Å². The summed E-state index contributed by atoms with van der Waals surface area (Å²) in [7, 11) is 2.08. The number of thiophene rings is 1. The molecule has 0 saturated carbocycles. The standard InChI is InChI=1S/C12H19NS2/c1-3-4-10(13-2)12-7-9-8-14-6-5-11(9)15-12/h7,10,13H,3-6,8H2,1-2H3. The molecule has 1 unspecified atom stereocenters. The highest BCUT2D eigenvalue weighted by molar-refractivity contribution is 7.98. The van der Waals surface area contributed by atoms with Gasteiger partial charge in [-0.15, -0.1) is 11.3 Å². The Bertz CT molecular complexity index is 296. The van der Waals surface area contributed by atoms with Crippen LogP contribution in [0, 0.1) is 0 Å². The Morgan fingerprint density at radius 2 is 2.40 bits per heavy atom. The van der Waals surface area contributed by atoms with Crippen molar-refractivity contribution in [1.82, 2.24) is 5.32 Å². The third-order valence-corrected chi connectivity index (χ3v) is 5.27. The lowest BCUT2D eigenvalue weighted by atomic mass is 10.1. The predicted octanol–water partition coefficient (Wildman–Crippen LogP) is 3.60. The molecule has 15 heavy (non-hydrogen) atoms. The fraction of sp³-hybridized carbons (Fsp3) is 0.667. The molecule has 1 aromatic rings. The van der Waals surface area contributed by atoms with Crippen LogP contribution in [-0.4, -0.2) is 12.8 Å². The first kappa shape index (κ1) is 11.5. The average Bonchev–Trinajstić information content (AvgIpc) is 2.69. The van der Waals surface area contributed by atoms with Crippen LogP contribution >= 0.6 is 23.1 Å². The van der Waals surface area contributed by atoms with Crippen molar-refractivity contribution in [3.05, 3.63) is 21.4 Å². The minimum atomic E-state index is 0.579. The van der Waals surface area contributed by atoms with Gasteiger partial charge in [0.1, 0.15) is 0 Å². The Labute approximate surface area is 101 Å². The molecular weight excluding hydrogens is 222 g/mol. The number of rotatable bonds is 4. The van der Waals surface area contributed by atoms with E-state index in [4.69, 9.17) is 0 Å². The topological polar surface area (TPSA) is 12.0 Å². The summed E-state index contributed by atoms with van der Waals surface area (Å²) < 4.78 is 0. The maximum atomic E-state index is 3.43. The van der Waals surface area contributed by atoms with Crippen LogP contribution in [0.1, 0.15) is 41.1 Å². The molecule has 1 aliphatic rings. The first-order chi connectivity index (χ1) is 7.35. The molecular formula is C12H19NS2. The second-order valence-corrected chi connectivity index (χ2v) is 6.30. The molecule has 0 amide bonds. The lowest BCUT2D eigenvalue weighted by Gasteiger charge is -2.12. The van der Waals surface area contributed by atoms with E-state index in [1.807, 2.05) is 11.3 Å². The monoisotopic (exact) mass is 241 g/mol. The van der Waals surface area contributed by atoms with Crippen molar-refractivity contribution >= 4 is 23.1 Å². The van der Waals surface area contributed by atoms with Crippen molar-refractivity contribution < 1.29 is 0 Å². The van der Waals surface area contributed by atoms with Crippen molar-refractivity contribution in [2.24, 2.45) is 0 Å². The highest BCUT2D eigenvalue weighted by Gasteiger charge is 2.17. The summed E-state index contributed by atoms with van der Waals surface area (Å²) in [6.45, 7) is 2.26. The molecule has 0 spiro atoms. The zero-order chi connectivity index (χ0) is 10.7. The SMILES string of the molecule is CCCC(NC)c1cc2c(s1)CCSC2. The van der Waals surface area contributed by atoms with Gasteiger partial charge in [-0.25, -0.2) is 0 Å². The summed E-state index contributed by atoms with van der Waals surface area (Å²) in [6.07, 6.45) is 3.79. The molecule has 1 atom stereocenters. The molecule has 0 radical (unpaired) electrons. The van der Waals surface area contributed by atoms with Crippen LogP contribution < -0.4 is 5.32 Å². The van der Waals surface area contributed by atoms with Crippen molar-refractivity contribution in [1.29, 1.82) is 0 Å². The molecule has 2 heterocycles. The van der Waals surface area contributed by atoms with Crippen molar-refractivity contribution in [3.63, 3.8) is 0 Å². The van der Waals surface area contributed by atoms with E-state index in [1.54, 1.807) is 15.3 Å². The number of fused-ring (bicyclic) bond motifs is 1. The van der Waals surface area contributed by atoms with Gasteiger partial charge in [0, 0.05) is 21.5 Å². The molecule has 0 saturated heterocycles. The van der Waals surface area contributed by atoms with Gasteiger partial charge in [0.15, 0.2) is 0 Å². The van der Waals surface area contributed by atoms with Gasteiger partial charge in [-0.1, -0.05) is 13.3 Å². The molecule has 0 aromatic carbocycles. The summed E-state index contributed by atoms with van der Waals surface area (Å²) in [5.74, 6) is 2.54. The lowest BCUT2D eigenvalue weighted by Crippen LogP contribution is -2.14. The van der Waals surface area contributed by atoms with Crippen LogP contribution in [0.4, 0.5) is 0 Å². The molecule has 0 bridgehead atoms. The van der Waals surface area contributed by atoms with Gasteiger partial charge in [0.05, 0.1) is 0 Å². The molecule has 1 nitrogen and oxygen atoms in total. The zero-order valence-electron chi connectivity index (χ0n) is 9.51. The third kappa shape index (κ3) is 2.58. The minimum Gasteiger partial charge on any atom is -0.312 e. The van der Waals surface area contributed by atoms with Crippen molar-refractivity contribution in [2.75, 3.05) is 12.8 Å². The molecule has 1 N–H and O–H groups in total. The lowest BCUT2D eigenvalue weighted by molar-refractivity contribution is 0.550. The molecule has 84 valence electrons. The smallest absolute Gasteiger partial charge is 0.0412 e. The highest BCUT2D eigenvalue weighted by atomic mass is 32.2. The fourth-order valence-corrected chi connectivity index (χ4v) is 4.58. The van der Waals surface area contributed by atoms with E-state index >= 15 is 0 Å². The van der Waals surface area contributed by atoms with E-state index in [0.717, 1.165) is 0 Å². The van der Waals surface area contributed by atoms with Crippen LogP contribution in [0.25, 0.3) is 0 Å². The average molecular weight is 241 g/mol. The molecule has 0 aliphatic carbocycles. The Morgan fingerprint density at radius 1 is 1.53 bits per heavy atom. The van der Waals surface area contributed by atoms with E-state index in [-0.39, 0.29) is 0 Å². The normalized spacial score (nSPS) is 17.5. The first-order valence-electron chi connectivity index (χ1n) is 5.71. The van der Waals surface area contributed by atoms with E-state index in [0.29, 0.717) is 6.04 Å². The van der Waals surface area contributed by atoms with Crippen LogP contribution in [0.2, 0.25) is 0 Å². The summed E-state index contributed by atoms with van der Waals surface area (Å²) in [5, 5.41) is 3.43. The van der Waals surface area contributed by atoms with Crippen LogP contribution in [0.15, 0.2) is 6.07 Å². The van der Waals surface area contributed by atoms with E-state index < -0.39 is 0 Å². The van der Waals surface area contributed by atoms with Gasteiger partial charge in [0.2, 0.25) is 0 Å².